The first kappa shape index (κ1) is 43.5. The predicted molar refractivity (Wildman–Crippen MR) is 190 cm³/mol. The molecule has 46 heavy (non-hydrogen) atoms. The average Bonchev–Trinajstić information content (AvgIpc) is 3.04. The third-order valence-electron chi connectivity index (χ3n) is 9.59. The van der Waals surface area contributed by atoms with Crippen molar-refractivity contribution in [3.05, 3.63) is 11.6 Å². The third-order valence-corrected chi connectivity index (χ3v) is 9.59. The van der Waals surface area contributed by atoms with Crippen LogP contribution in [0.1, 0.15) is 181 Å². The molecule has 1 rings (SSSR count). The summed E-state index contributed by atoms with van der Waals surface area (Å²) < 4.78 is 11.4. The van der Waals surface area contributed by atoms with Gasteiger partial charge in [0.05, 0.1) is 19.3 Å². The highest BCUT2D eigenvalue weighted by atomic mass is 16.7. The van der Waals surface area contributed by atoms with Gasteiger partial charge >= 0.3 is 0 Å². The van der Waals surface area contributed by atoms with E-state index in [-0.39, 0.29) is 6.61 Å². The van der Waals surface area contributed by atoms with Crippen molar-refractivity contribution in [1.82, 2.24) is 0 Å². The zero-order valence-electron chi connectivity index (χ0n) is 30.3. The Morgan fingerprint density at radius 1 is 0.630 bits per heavy atom. The minimum Gasteiger partial charge on any atom is -0.394 e. The van der Waals surface area contributed by atoms with Crippen molar-refractivity contribution < 1.29 is 35.0 Å². The molecule has 0 aliphatic carbocycles. The highest BCUT2D eigenvalue weighted by Crippen LogP contribution is 2.24. The van der Waals surface area contributed by atoms with Crippen LogP contribution < -0.4 is 0 Å². The van der Waals surface area contributed by atoms with Gasteiger partial charge in [0, 0.05) is 0 Å². The van der Waals surface area contributed by atoms with Crippen LogP contribution in [0.3, 0.4) is 0 Å². The van der Waals surface area contributed by atoms with Gasteiger partial charge in [0.15, 0.2) is 6.29 Å². The molecule has 1 aliphatic heterocycles. The van der Waals surface area contributed by atoms with Gasteiger partial charge in [-0.2, -0.15) is 0 Å². The molecule has 1 aliphatic rings. The number of ether oxygens (including phenoxy) is 2. The van der Waals surface area contributed by atoms with Gasteiger partial charge in [0.2, 0.25) is 0 Å². The van der Waals surface area contributed by atoms with E-state index in [1.54, 1.807) is 0 Å². The van der Waals surface area contributed by atoms with Gasteiger partial charge in [-0.1, -0.05) is 168 Å². The Hall–Kier alpha value is -0.540. The van der Waals surface area contributed by atoms with Gasteiger partial charge in [-0.25, -0.2) is 0 Å². The summed E-state index contributed by atoms with van der Waals surface area (Å²) in [6.45, 7) is 6.54. The molecule has 6 atom stereocenters. The fourth-order valence-corrected chi connectivity index (χ4v) is 6.47. The van der Waals surface area contributed by atoms with Crippen LogP contribution in [-0.2, 0) is 9.47 Å². The lowest BCUT2D eigenvalue weighted by atomic mass is 9.99. The standard InChI is InChI=1S/C39H76O7/c1-4-5-6-7-8-9-10-11-15-18-21-24-27-33(31-45-39-38(44)37(43)36(42)35(30-40)46-39)29-34(41)28-25-22-19-16-13-12-14-17-20-23-26-32(2)3/h29,32,34-44H,4-28,30-31H2,1-3H3/b33-29+/t34-,35?,36+,37+,38+,39?/m0/s1. The van der Waals surface area contributed by atoms with Crippen molar-refractivity contribution in [2.24, 2.45) is 5.92 Å². The van der Waals surface area contributed by atoms with Crippen LogP contribution in [0.5, 0.6) is 0 Å². The molecule has 0 aromatic carbocycles. The molecule has 1 saturated heterocycles. The summed E-state index contributed by atoms with van der Waals surface area (Å²) in [5.74, 6) is 0.824. The molecular formula is C39H76O7. The second-order valence-corrected chi connectivity index (χ2v) is 14.5. The molecule has 0 bridgehead atoms. The van der Waals surface area contributed by atoms with Gasteiger partial charge < -0.3 is 35.0 Å². The highest BCUT2D eigenvalue weighted by molar-refractivity contribution is 5.06. The lowest BCUT2D eigenvalue weighted by molar-refractivity contribution is -0.299. The number of hydrogen-bond acceptors (Lipinski definition) is 7. The van der Waals surface area contributed by atoms with Crippen molar-refractivity contribution in [3.63, 3.8) is 0 Å². The molecule has 0 aromatic rings. The second-order valence-electron chi connectivity index (χ2n) is 14.5. The largest absolute Gasteiger partial charge is 0.394 e. The topological polar surface area (TPSA) is 120 Å². The van der Waals surface area contributed by atoms with Crippen LogP contribution in [0, 0.1) is 5.92 Å². The first-order valence-electron chi connectivity index (χ1n) is 19.6. The molecule has 2 unspecified atom stereocenters. The van der Waals surface area contributed by atoms with E-state index in [9.17, 15) is 25.5 Å². The molecule has 0 amide bonds. The van der Waals surface area contributed by atoms with E-state index >= 15 is 0 Å². The van der Waals surface area contributed by atoms with Gasteiger partial charge in [0.1, 0.15) is 24.4 Å². The molecule has 0 saturated carbocycles. The molecule has 5 N–H and O–H groups in total. The fraction of sp³-hybridized carbons (Fsp3) is 0.949. The van der Waals surface area contributed by atoms with Crippen molar-refractivity contribution >= 4 is 0 Å². The molecule has 0 spiro atoms. The maximum absolute atomic E-state index is 10.8. The van der Waals surface area contributed by atoms with Crippen molar-refractivity contribution in [3.8, 4) is 0 Å². The number of aliphatic hydroxyl groups is 5. The molecule has 7 heteroatoms. The molecule has 0 radical (unpaired) electrons. The molecule has 7 nitrogen and oxygen atoms in total. The maximum atomic E-state index is 10.8. The Balaban J connectivity index is 2.38. The lowest BCUT2D eigenvalue weighted by Gasteiger charge is -2.39. The molecule has 0 aromatic heterocycles. The van der Waals surface area contributed by atoms with Gasteiger partial charge in [-0.05, 0) is 30.8 Å². The Morgan fingerprint density at radius 2 is 1.09 bits per heavy atom. The maximum Gasteiger partial charge on any atom is 0.187 e. The van der Waals surface area contributed by atoms with Crippen LogP contribution in [-0.4, -0.2) is 75.6 Å². The summed E-state index contributed by atoms with van der Waals surface area (Å²) >= 11 is 0. The first-order valence-corrected chi connectivity index (χ1v) is 19.6. The van der Waals surface area contributed by atoms with Crippen LogP contribution >= 0.6 is 0 Å². The Bertz CT molecular complexity index is 698. The quantitative estimate of drug-likeness (QED) is 0.0375. The normalized spacial score (nSPS) is 23.0. The van der Waals surface area contributed by atoms with E-state index in [4.69, 9.17) is 9.47 Å². The van der Waals surface area contributed by atoms with Crippen molar-refractivity contribution in [2.75, 3.05) is 13.2 Å². The number of hydrogen-bond donors (Lipinski definition) is 5. The third kappa shape index (κ3) is 22.2. The minimum atomic E-state index is -1.46. The highest BCUT2D eigenvalue weighted by Gasteiger charge is 2.44. The summed E-state index contributed by atoms with van der Waals surface area (Å²) in [5.41, 5.74) is 0.963. The first-order chi connectivity index (χ1) is 22.3. The van der Waals surface area contributed by atoms with E-state index in [0.29, 0.717) is 0 Å². The second kappa shape index (κ2) is 29.4. The van der Waals surface area contributed by atoms with Crippen molar-refractivity contribution in [2.45, 2.75) is 218 Å². The zero-order valence-corrected chi connectivity index (χ0v) is 30.3. The van der Waals surface area contributed by atoms with Gasteiger partial charge in [-0.15, -0.1) is 0 Å². The number of rotatable bonds is 31. The lowest BCUT2D eigenvalue weighted by Crippen LogP contribution is -2.59. The fourth-order valence-electron chi connectivity index (χ4n) is 6.47. The van der Waals surface area contributed by atoms with Crippen LogP contribution in [0.4, 0.5) is 0 Å². The smallest absolute Gasteiger partial charge is 0.187 e. The van der Waals surface area contributed by atoms with E-state index in [2.05, 4.69) is 20.8 Å². The summed E-state index contributed by atoms with van der Waals surface area (Å²) in [6.07, 6.45) is 25.9. The average molecular weight is 657 g/mol. The molecular weight excluding hydrogens is 580 g/mol. The SMILES string of the molecule is CCCCCCCCCCCCCC/C(=C\[C@@H](O)CCCCCCCCCCCCC(C)C)COC1OC(CO)[C@@H](O)[C@@H](O)[C@H]1O. The summed E-state index contributed by atoms with van der Waals surface area (Å²) in [4.78, 5) is 0. The van der Waals surface area contributed by atoms with E-state index in [1.165, 1.54) is 122 Å². The van der Waals surface area contributed by atoms with Crippen molar-refractivity contribution in [1.29, 1.82) is 0 Å². The summed E-state index contributed by atoms with van der Waals surface area (Å²) in [6, 6.07) is 0. The van der Waals surface area contributed by atoms with Crippen LogP contribution in [0.2, 0.25) is 0 Å². The Kier molecular flexibility index (Phi) is 27.8. The minimum absolute atomic E-state index is 0.162. The van der Waals surface area contributed by atoms with Gasteiger partial charge in [-0.3, -0.25) is 0 Å². The van der Waals surface area contributed by atoms with Crippen LogP contribution in [0.15, 0.2) is 11.6 Å². The molecule has 274 valence electrons. The van der Waals surface area contributed by atoms with Crippen LogP contribution in [0.25, 0.3) is 0 Å². The predicted octanol–water partition coefficient (Wildman–Crippen LogP) is 8.52. The summed E-state index contributed by atoms with van der Waals surface area (Å²) in [7, 11) is 0. The van der Waals surface area contributed by atoms with E-state index in [0.717, 1.165) is 50.0 Å². The van der Waals surface area contributed by atoms with E-state index in [1.807, 2.05) is 6.08 Å². The zero-order chi connectivity index (χ0) is 33.8. The Labute approximate surface area is 283 Å². The number of unbranched alkanes of at least 4 members (excludes halogenated alkanes) is 20. The Morgan fingerprint density at radius 3 is 1.57 bits per heavy atom. The van der Waals surface area contributed by atoms with E-state index < -0.39 is 43.4 Å². The summed E-state index contributed by atoms with van der Waals surface area (Å²) in [5, 5.41) is 50.9. The monoisotopic (exact) mass is 657 g/mol. The molecule has 1 fully saturated rings. The molecule has 1 heterocycles. The number of aliphatic hydroxyl groups excluding tert-OH is 5. The van der Waals surface area contributed by atoms with Gasteiger partial charge in [0.25, 0.3) is 0 Å².